The third-order valence-electron chi connectivity index (χ3n) is 4.97. The number of benzene rings is 1. The Balaban J connectivity index is 1.46. The minimum absolute atomic E-state index is 0.144. The molecule has 1 aliphatic heterocycles. The maximum absolute atomic E-state index is 13.2. The van der Waals surface area contributed by atoms with Crippen molar-refractivity contribution in [2.45, 2.75) is 31.5 Å². The van der Waals surface area contributed by atoms with Crippen LogP contribution >= 0.6 is 11.8 Å². The van der Waals surface area contributed by atoms with Gasteiger partial charge in [-0.2, -0.15) is 5.10 Å². The zero-order valence-corrected chi connectivity index (χ0v) is 17.1. The Hall–Kier alpha value is -3.40. The molecule has 0 saturated carbocycles. The molecule has 30 heavy (non-hydrogen) atoms. The van der Waals surface area contributed by atoms with Crippen LogP contribution in [0.3, 0.4) is 0 Å². The highest BCUT2D eigenvalue weighted by molar-refractivity contribution is 7.99. The summed E-state index contributed by atoms with van der Waals surface area (Å²) in [4.78, 5) is 30.3. The van der Waals surface area contributed by atoms with Gasteiger partial charge in [0.05, 0.1) is 17.9 Å². The Bertz CT molecular complexity index is 1320. The van der Waals surface area contributed by atoms with E-state index in [1.165, 1.54) is 18.0 Å². The number of aryl methyl sites for hydroxylation is 2. The van der Waals surface area contributed by atoms with Crippen molar-refractivity contribution in [3.05, 3.63) is 58.2 Å². The third kappa shape index (κ3) is 3.18. The van der Waals surface area contributed by atoms with Crippen LogP contribution in [0.4, 0.5) is 5.82 Å². The van der Waals surface area contributed by atoms with Gasteiger partial charge < -0.3 is 9.84 Å². The van der Waals surface area contributed by atoms with Crippen LogP contribution in [0.25, 0.3) is 16.7 Å². The number of amides is 1. The fourth-order valence-corrected chi connectivity index (χ4v) is 4.62. The first kappa shape index (κ1) is 18.6. The smallest absolute Gasteiger partial charge is 0.265 e. The van der Waals surface area contributed by atoms with E-state index in [0.717, 1.165) is 11.3 Å². The molecule has 4 heterocycles. The van der Waals surface area contributed by atoms with Crippen LogP contribution in [0.15, 0.2) is 51.0 Å². The van der Waals surface area contributed by atoms with Crippen molar-refractivity contribution in [3.8, 4) is 5.69 Å². The van der Waals surface area contributed by atoms with Crippen LogP contribution in [-0.4, -0.2) is 36.1 Å². The SMILES string of the molecule is Cc1ccc(-n2ncc3c(=O)n4c(nc32)SCC4CC(=O)Nc2cc(C)on2)cc1. The van der Waals surface area contributed by atoms with Crippen LogP contribution in [-0.2, 0) is 4.79 Å². The molecule has 0 saturated heterocycles. The second-order valence-corrected chi connectivity index (χ2v) is 8.23. The lowest BCUT2D eigenvalue weighted by Gasteiger charge is -2.12. The molecule has 152 valence electrons. The number of rotatable bonds is 4. The van der Waals surface area contributed by atoms with Crippen LogP contribution in [0, 0.1) is 13.8 Å². The number of carbonyl (C=O) groups excluding carboxylic acids is 1. The molecule has 1 amide bonds. The maximum Gasteiger partial charge on any atom is 0.265 e. The van der Waals surface area contributed by atoms with E-state index in [-0.39, 0.29) is 23.9 Å². The van der Waals surface area contributed by atoms with Gasteiger partial charge in [0.1, 0.15) is 11.1 Å². The Morgan fingerprint density at radius 2 is 2.10 bits per heavy atom. The van der Waals surface area contributed by atoms with Crippen LogP contribution < -0.4 is 10.9 Å². The summed E-state index contributed by atoms with van der Waals surface area (Å²) in [7, 11) is 0. The summed E-state index contributed by atoms with van der Waals surface area (Å²) in [5.41, 5.74) is 2.31. The van der Waals surface area contributed by atoms with Gasteiger partial charge in [0.2, 0.25) is 5.91 Å². The van der Waals surface area contributed by atoms with Gasteiger partial charge in [-0.1, -0.05) is 34.6 Å². The van der Waals surface area contributed by atoms with Crippen molar-refractivity contribution in [2.75, 3.05) is 11.1 Å². The molecule has 9 nitrogen and oxygen atoms in total. The van der Waals surface area contributed by atoms with Gasteiger partial charge in [-0.3, -0.25) is 14.2 Å². The van der Waals surface area contributed by atoms with Crippen LogP contribution in [0.2, 0.25) is 0 Å². The van der Waals surface area contributed by atoms with Gasteiger partial charge in [0.15, 0.2) is 16.6 Å². The minimum Gasteiger partial charge on any atom is -0.360 e. The number of hydrogen-bond donors (Lipinski definition) is 1. The monoisotopic (exact) mass is 422 g/mol. The van der Waals surface area contributed by atoms with Gasteiger partial charge in [-0.25, -0.2) is 9.67 Å². The molecular formula is C20H18N6O3S. The highest BCUT2D eigenvalue weighted by Gasteiger charge is 2.29. The Morgan fingerprint density at radius 1 is 1.30 bits per heavy atom. The van der Waals surface area contributed by atoms with Gasteiger partial charge in [0, 0.05) is 18.2 Å². The summed E-state index contributed by atoms with van der Waals surface area (Å²) in [6.45, 7) is 3.76. The third-order valence-corrected chi connectivity index (χ3v) is 6.06. The molecule has 1 N–H and O–H groups in total. The molecule has 0 radical (unpaired) electrons. The fourth-order valence-electron chi connectivity index (χ4n) is 3.49. The summed E-state index contributed by atoms with van der Waals surface area (Å²) in [5.74, 6) is 1.34. The summed E-state index contributed by atoms with van der Waals surface area (Å²) in [6, 6.07) is 9.23. The highest BCUT2D eigenvalue weighted by atomic mass is 32.2. The van der Waals surface area contributed by atoms with E-state index >= 15 is 0 Å². The number of fused-ring (bicyclic) bond motifs is 2. The quantitative estimate of drug-likeness (QED) is 0.504. The van der Waals surface area contributed by atoms with Crippen molar-refractivity contribution in [1.82, 2.24) is 24.5 Å². The van der Waals surface area contributed by atoms with Crippen molar-refractivity contribution < 1.29 is 9.32 Å². The molecule has 3 aromatic heterocycles. The van der Waals surface area contributed by atoms with Crippen molar-refractivity contribution >= 4 is 34.5 Å². The first-order chi connectivity index (χ1) is 14.5. The van der Waals surface area contributed by atoms with Crippen molar-refractivity contribution in [1.29, 1.82) is 0 Å². The lowest BCUT2D eigenvalue weighted by molar-refractivity contribution is -0.116. The topological polar surface area (TPSA) is 108 Å². The normalized spacial score (nSPS) is 15.5. The molecule has 0 spiro atoms. The van der Waals surface area contributed by atoms with Gasteiger partial charge >= 0.3 is 0 Å². The highest BCUT2D eigenvalue weighted by Crippen LogP contribution is 2.33. The zero-order valence-electron chi connectivity index (χ0n) is 16.3. The van der Waals surface area contributed by atoms with E-state index in [2.05, 4.69) is 20.6 Å². The zero-order chi connectivity index (χ0) is 20.8. The second-order valence-electron chi connectivity index (χ2n) is 7.24. The van der Waals surface area contributed by atoms with E-state index < -0.39 is 0 Å². The standard InChI is InChI=1S/C20H18N6O3S/c1-11-3-5-13(6-4-11)26-18-15(9-21-26)19(28)25-14(10-30-20(25)23-18)8-17(27)22-16-7-12(2)29-24-16/h3-7,9,14H,8,10H2,1-2H3,(H,22,24,27). The Kier molecular flexibility index (Phi) is 4.43. The molecule has 10 heteroatoms. The Morgan fingerprint density at radius 3 is 2.83 bits per heavy atom. The predicted octanol–water partition coefficient (Wildman–Crippen LogP) is 2.86. The molecule has 0 bridgehead atoms. The lowest BCUT2D eigenvalue weighted by atomic mass is 10.2. The van der Waals surface area contributed by atoms with Gasteiger partial charge in [0.25, 0.3) is 5.56 Å². The predicted molar refractivity (Wildman–Crippen MR) is 112 cm³/mol. The first-order valence-electron chi connectivity index (χ1n) is 9.43. The van der Waals surface area contributed by atoms with Gasteiger partial charge in [-0.15, -0.1) is 0 Å². The molecule has 1 atom stereocenters. The number of anilines is 1. The number of thioether (sulfide) groups is 1. The fraction of sp³-hybridized carbons (Fsp3) is 0.250. The molecule has 0 fully saturated rings. The van der Waals surface area contributed by atoms with Crippen LogP contribution in [0.5, 0.6) is 0 Å². The number of carbonyl (C=O) groups is 1. The van der Waals surface area contributed by atoms with Gasteiger partial charge in [-0.05, 0) is 26.0 Å². The summed E-state index contributed by atoms with van der Waals surface area (Å²) < 4.78 is 8.23. The molecule has 0 aliphatic carbocycles. The number of nitrogens with zero attached hydrogens (tertiary/aromatic N) is 5. The lowest BCUT2D eigenvalue weighted by Crippen LogP contribution is -2.27. The maximum atomic E-state index is 13.2. The minimum atomic E-state index is -0.287. The van der Waals surface area contributed by atoms with E-state index in [1.807, 2.05) is 31.2 Å². The summed E-state index contributed by atoms with van der Waals surface area (Å²) >= 11 is 1.46. The Labute approximate surface area is 175 Å². The summed E-state index contributed by atoms with van der Waals surface area (Å²) in [5, 5.41) is 11.9. The van der Waals surface area contributed by atoms with Crippen LogP contribution in [0.1, 0.15) is 23.8 Å². The number of hydrogen-bond acceptors (Lipinski definition) is 7. The summed E-state index contributed by atoms with van der Waals surface area (Å²) in [6.07, 6.45) is 1.68. The van der Waals surface area contributed by atoms with E-state index in [4.69, 9.17) is 4.52 Å². The molecular weight excluding hydrogens is 404 g/mol. The molecule has 1 aromatic carbocycles. The second kappa shape index (κ2) is 7.13. The van der Waals surface area contributed by atoms with Crippen molar-refractivity contribution in [3.63, 3.8) is 0 Å². The van der Waals surface area contributed by atoms with E-state index in [9.17, 15) is 9.59 Å². The number of nitrogens with one attached hydrogen (secondary N) is 1. The molecule has 5 rings (SSSR count). The average molecular weight is 422 g/mol. The van der Waals surface area contributed by atoms with Crippen molar-refractivity contribution in [2.24, 2.45) is 0 Å². The van der Waals surface area contributed by atoms with E-state index in [1.54, 1.807) is 22.2 Å². The first-order valence-corrected chi connectivity index (χ1v) is 10.4. The van der Waals surface area contributed by atoms with E-state index in [0.29, 0.717) is 33.5 Å². The number of aromatic nitrogens is 5. The molecule has 1 aliphatic rings. The average Bonchev–Trinajstić information content (AvgIpc) is 3.42. The largest absolute Gasteiger partial charge is 0.360 e. The molecule has 1 unspecified atom stereocenters. The molecule has 4 aromatic rings.